The summed E-state index contributed by atoms with van der Waals surface area (Å²) < 4.78 is 40.3. The van der Waals surface area contributed by atoms with Crippen molar-refractivity contribution < 1.29 is 28.5 Å². The van der Waals surface area contributed by atoms with Gasteiger partial charge in [-0.15, -0.1) is 0 Å². The van der Waals surface area contributed by atoms with E-state index in [0.717, 1.165) is 23.1 Å². The van der Waals surface area contributed by atoms with E-state index < -0.39 is 36.0 Å². The van der Waals surface area contributed by atoms with E-state index in [0.29, 0.717) is 5.65 Å². The van der Waals surface area contributed by atoms with Crippen molar-refractivity contribution in [2.75, 3.05) is 13.2 Å². The van der Waals surface area contributed by atoms with Crippen molar-refractivity contribution in [2.45, 2.75) is 37.7 Å². The Balaban J connectivity index is 1.61. The van der Waals surface area contributed by atoms with E-state index in [1.165, 1.54) is 0 Å². The number of ether oxygens (including phenoxy) is 2. The van der Waals surface area contributed by atoms with Gasteiger partial charge in [0.05, 0.1) is 6.04 Å². The highest BCUT2D eigenvalue weighted by molar-refractivity contribution is 5.79. The lowest BCUT2D eigenvalue weighted by Crippen LogP contribution is -2.34. The number of aromatic nitrogens is 2. The van der Waals surface area contributed by atoms with E-state index in [1.54, 1.807) is 17.0 Å². The second-order valence-electron chi connectivity index (χ2n) is 7.38. The van der Waals surface area contributed by atoms with Gasteiger partial charge in [-0.05, 0) is 24.6 Å². The first-order chi connectivity index (χ1) is 14.4. The Bertz CT molecular complexity index is 1060. The van der Waals surface area contributed by atoms with Gasteiger partial charge in [-0.2, -0.15) is 0 Å². The predicted molar refractivity (Wildman–Crippen MR) is 105 cm³/mol. The van der Waals surface area contributed by atoms with Gasteiger partial charge < -0.3 is 30.0 Å². The first-order valence-corrected chi connectivity index (χ1v) is 9.67. The van der Waals surface area contributed by atoms with Crippen LogP contribution in [0.4, 0.5) is 8.78 Å². The normalized spacial score (nSPS) is 23.8. The first-order valence-electron chi connectivity index (χ1n) is 9.67. The van der Waals surface area contributed by atoms with Gasteiger partial charge in [0.25, 0.3) is 0 Å². The minimum Gasteiger partial charge on any atom is -0.488 e. The van der Waals surface area contributed by atoms with Crippen LogP contribution in [-0.4, -0.2) is 51.2 Å². The highest BCUT2D eigenvalue weighted by Crippen LogP contribution is 2.38. The van der Waals surface area contributed by atoms with E-state index in [2.05, 4.69) is 4.98 Å². The van der Waals surface area contributed by atoms with Crippen LogP contribution in [0.2, 0.25) is 0 Å². The molecule has 1 aromatic carbocycles. The summed E-state index contributed by atoms with van der Waals surface area (Å²) >= 11 is 0. The fourth-order valence-corrected chi connectivity index (χ4v) is 3.87. The molecule has 1 saturated carbocycles. The quantitative estimate of drug-likeness (QED) is 0.565. The van der Waals surface area contributed by atoms with Crippen molar-refractivity contribution in [3.63, 3.8) is 0 Å². The van der Waals surface area contributed by atoms with E-state index in [9.17, 15) is 19.0 Å². The van der Waals surface area contributed by atoms with E-state index in [4.69, 9.17) is 15.2 Å². The summed E-state index contributed by atoms with van der Waals surface area (Å²) in [6.07, 6.45) is 0.483. The highest BCUT2D eigenvalue weighted by atomic mass is 19.2. The van der Waals surface area contributed by atoms with Gasteiger partial charge in [-0.25, -0.2) is 13.8 Å². The van der Waals surface area contributed by atoms with Crippen LogP contribution < -0.4 is 15.2 Å². The van der Waals surface area contributed by atoms with Crippen molar-refractivity contribution in [2.24, 2.45) is 5.73 Å². The first kappa shape index (κ1) is 20.5. The van der Waals surface area contributed by atoms with Crippen LogP contribution in [0.3, 0.4) is 0 Å². The zero-order chi connectivity index (χ0) is 21.4. The van der Waals surface area contributed by atoms with Gasteiger partial charge in [-0.1, -0.05) is 0 Å². The Kier molecular flexibility index (Phi) is 5.59. The van der Waals surface area contributed by atoms with Gasteiger partial charge in [0.2, 0.25) is 0 Å². The number of nitrogens with zero attached hydrogens (tertiary/aromatic N) is 2. The number of nitrogens with two attached hydrogens (primary N) is 1. The number of rotatable bonds is 6. The topological polar surface area (TPSA) is 103 Å². The third-order valence-corrected chi connectivity index (χ3v) is 5.43. The summed E-state index contributed by atoms with van der Waals surface area (Å²) in [4.78, 5) is 4.39. The second-order valence-corrected chi connectivity index (χ2v) is 7.38. The molecule has 0 bridgehead atoms. The van der Waals surface area contributed by atoms with Crippen LogP contribution in [-0.2, 0) is 0 Å². The van der Waals surface area contributed by atoms with Gasteiger partial charge in [0.15, 0.2) is 23.1 Å². The summed E-state index contributed by atoms with van der Waals surface area (Å²) in [7, 11) is 0. The lowest BCUT2D eigenvalue weighted by molar-refractivity contribution is -0.0171. The number of pyridine rings is 1. The smallest absolute Gasteiger partial charge is 0.164 e. The van der Waals surface area contributed by atoms with Gasteiger partial charge in [-0.3, -0.25) is 0 Å². The minimum absolute atomic E-state index is 0.0202. The van der Waals surface area contributed by atoms with Gasteiger partial charge in [0.1, 0.15) is 30.6 Å². The lowest BCUT2D eigenvalue weighted by Gasteiger charge is -2.20. The Morgan fingerprint density at radius 2 is 1.90 bits per heavy atom. The fourth-order valence-electron chi connectivity index (χ4n) is 3.87. The molecule has 1 fully saturated rings. The molecule has 0 radical (unpaired) electrons. The molecule has 160 valence electrons. The van der Waals surface area contributed by atoms with Crippen LogP contribution in [0.5, 0.6) is 11.5 Å². The Hall–Kier alpha value is -2.75. The maximum Gasteiger partial charge on any atom is 0.164 e. The number of aryl methyl sites for hydroxylation is 1. The fraction of sp³-hybridized carbons (Fsp3) is 0.381. The summed E-state index contributed by atoms with van der Waals surface area (Å²) in [6, 6.07) is 5.03. The lowest BCUT2D eigenvalue weighted by atomic mass is 10.2. The van der Waals surface area contributed by atoms with Crippen LogP contribution in [0.15, 0.2) is 36.7 Å². The van der Waals surface area contributed by atoms with E-state index in [-0.39, 0.29) is 31.1 Å². The van der Waals surface area contributed by atoms with Crippen LogP contribution in [0.25, 0.3) is 11.0 Å². The zero-order valence-electron chi connectivity index (χ0n) is 16.3. The van der Waals surface area contributed by atoms with Crippen molar-refractivity contribution in [3.8, 4) is 11.5 Å². The molecule has 2 heterocycles. The number of halogens is 2. The largest absolute Gasteiger partial charge is 0.488 e. The summed E-state index contributed by atoms with van der Waals surface area (Å²) in [5.74, 6) is -2.27. The summed E-state index contributed by atoms with van der Waals surface area (Å²) in [5, 5.41) is 22.2. The summed E-state index contributed by atoms with van der Waals surface area (Å²) in [5.41, 5.74) is 7.14. The number of aliphatic hydroxyl groups excluding tert-OH is 2. The van der Waals surface area contributed by atoms with Crippen LogP contribution in [0.1, 0.15) is 18.0 Å². The molecule has 0 amide bonds. The SMILES string of the molecule is Cc1ccnc2c1ccn2C1CC(Oc2cc(F)c(F)cc2OCCN)[C@@H](O)C1O. The maximum atomic E-state index is 13.8. The molecule has 30 heavy (non-hydrogen) atoms. The Labute approximate surface area is 171 Å². The molecule has 7 nitrogen and oxygen atoms in total. The van der Waals surface area contributed by atoms with Crippen LogP contribution >= 0.6 is 0 Å². The van der Waals surface area contributed by atoms with Crippen LogP contribution in [0, 0.1) is 18.6 Å². The Morgan fingerprint density at radius 3 is 2.63 bits per heavy atom. The van der Waals surface area contributed by atoms with Crippen molar-refractivity contribution in [1.29, 1.82) is 0 Å². The molecule has 0 aliphatic heterocycles. The average molecular weight is 419 g/mol. The molecule has 4 N–H and O–H groups in total. The molecule has 0 spiro atoms. The molecule has 3 unspecified atom stereocenters. The number of fused-ring (bicyclic) bond motifs is 1. The molecular formula is C21H23F2N3O4. The number of aliphatic hydroxyl groups is 2. The zero-order valence-corrected chi connectivity index (χ0v) is 16.3. The molecule has 1 aliphatic rings. The van der Waals surface area contributed by atoms with Gasteiger partial charge >= 0.3 is 0 Å². The second kappa shape index (κ2) is 8.17. The molecule has 0 saturated heterocycles. The average Bonchev–Trinajstić information content (AvgIpc) is 3.27. The molecule has 9 heteroatoms. The van der Waals surface area contributed by atoms with E-state index in [1.807, 2.05) is 19.1 Å². The molecule has 2 aromatic heterocycles. The maximum absolute atomic E-state index is 13.8. The minimum atomic E-state index is -1.24. The van der Waals surface area contributed by atoms with Crippen molar-refractivity contribution >= 4 is 11.0 Å². The standard InChI is InChI=1S/C21H23F2N3O4/c1-11-2-5-25-21-12(11)3-6-26(21)15-10-18(20(28)19(15)27)30-17-9-14(23)13(22)8-16(17)29-7-4-24/h2-3,5-6,8-9,15,18-20,27-28H,4,7,10,24H2,1H3/t15?,18?,19?,20-/m1/s1. The molecule has 3 aromatic rings. The van der Waals surface area contributed by atoms with Crippen molar-refractivity contribution in [3.05, 3.63) is 53.9 Å². The highest BCUT2D eigenvalue weighted by Gasteiger charge is 2.44. The Morgan fingerprint density at radius 1 is 1.17 bits per heavy atom. The van der Waals surface area contributed by atoms with E-state index >= 15 is 0 Å². The third-order valence-electron chi connectivity index (χ3n) is 5.43. The number of hydrogen-bond donors (Lipinski definition) is 3. The third kappa shape index (κ3) is 3.60. The number of benzene rings is 1. The molecular weight excluding hydrogens is 396 g/mol. The number of hydrogen-bond acceptors (Lipinski definition) is 6. The predicted octanol–water partition coefficient (Wildman–Crippen LogP) is 2.07. The monoisotopic (exact) mass is 419 g/mol. The van der Waals surface area contributed by atoms with Crippen molar-refractivity contribution in [1.82, 2.24) is 9.55 Å². The molecule has 4 atom stereocenters. The molecule has 1 aliphatic carbocycles. The summed E-state index contributed by atoms with van der Waals surface area (Å²) in [6.45, 7) is 2.23. The van der Waals surface area contributed by atoms with Gasteiger partial charge in [0, 0.05) is 42.9 Å². The molecule has 4 rings (SSSR count).